The molecule has 2 aromatic carbocycles. The standard InChI is InChI=1S/C21H23ClN2O6S/c1-23(2)31(26,27)15-5-6-18(24-7-3-4-8-24)16(11-15)21(25)28-12-14-9-17(22)20-19(10-14)29-13-30-20/h5-6,9-11H,3-4,7-8,12-13H2,1-2H3. The van der Waals surface area contributed by atoms with Crippen LogP contribution >= 0.6 is 11.6 Å². The largest absolute Gasteiger partial charge is 0.457 e. The second kappa shape index (κ2) is 8.57. The summed E-state index contributed by atoms with van der Waals surface area (Å²) < 4.78 is 42.4. The highest BCUT2D eigenvalue weighted by molar-refractivity contribution is 7.89. The zero-order valence-corrected chi connectivity index (χ0v) is 18.8. The SMILES string of the molecule is CN(C)S(=O)(=O)c1ccc(N2CCCC2)c(C(=O)OCc2cc(Cl)c3c(c2)OCO3)c1. The van der Waals surface area contributed by atoms with E-state index in [0.717, 1.165) is 30.2 Å². The average molecular weight is 467 g/mol. The van der Waals surface area contributed by atoms with Crippen LogP contribution in [-0.2, 0) is 21.4 Å². The third-order valence-corrected chi connectivity index (χ3v) is 7.36. The maximum Gasteiger partial charge on any atom is 0.340 e. The minimum Gasteiger partial charge on any atom is -0.457 e. The lowest BCUT2D eigenvalue weighted by atomic mass is 10.1. The molecule has 166 valence electrons. The van der Waals surface area contributed by atoms with Crippen molar-refractivity contribution in [3.63, 3.8) is 0 Å². The van der Waals surface area contributed by atoms with E-state index in [9.17, 15) is 13.2 Å². The van der Waals surface area contributed by atoms with E-state index in [1.54, 1.807) is 18.2 Å². The van der Waals surface area contributed by atoms with Crippen LogP contribution in [0.4, 0.5) is 5.69 Å². The number of esters is 1. The molecule has 10 heteroatoms. The Morgan fingerprint density at radius 2 is 1.90 bits per heavy atom. The number of fused-ring (bicyclic) bond motifs is 1. The average Bonchev–Trinajstić information content (AvgIpc) is 3.43. The van der Waals surface area contributed by atoms with Gasteiger partial charge in [-0.2, -0.15) is 0 Å². The van der Waals surface area contributed by atoms with Gasteiger partial charge in [0.1, 0.15) is 6.61 Å². The van der Waals surface area contributed by atoms with Crippen LogP contribution in [0.1, 0.15) is 28.8 Å². The first-order chi connectivity index (χ1) is 14.8. The van der Waals surface area contributed by atoms with Gasteiger partial charge in [0.05, 0.1) is 21.2 Å². The van der Waals surface area contributed by atoms with Gasteiger partial charge in [-0.1, -0.05) is 11.6 Å². The van der Waals surface area contributed by atoms with E-state index in [4.69, 9.17) is 25.8 Å². The molecule has 31 heavy (non-hydrogen) atoms. The molecule has 0 N–H and O–H groups in total. The highest BCUT2D eigenvalue weighted by Crippen LogP contribution is 2.40. The van der Waals surface area contributed by atoms with Crippen molar-refractivity contribution in [3.8, 4) is 11.5 Å². The molecule has 0 spiro atoms. The zero-order chi connectivity index (χ0) is 22.2. The summed E-state index contributed by atoms with van der Waals surface area (Å²) in [5, 5.41) is 0.373. The van der Waals surface area contributed by atoms with Crippen LogP contribution in [0.2, 0.25) is 5.02 Å². The summed E-state index contributed by atoms with van der Waals surface area (Å²) in [6.07, 6.45) is 2.03. The Morgan fingerprint density at radius 1 is 1.16 bits per heavy atom. The van der Waals surface area contributed by atoms with Gasteiger partial charge in [-0.15, -0.1) is 0 Å². The molecular formula is C21H23ClN2O6S. The molecular weight excluding hydrogens is 444 g/mol. The fourth-order valence-electron chi connectivity index (χ4n) is 3.61. The summed E-state index contributed by atoms with van der Waals surface area (Å²) in [4.78, 5) is 15.1. The molecule has 0 aliphatic carbocycles. The molecule has 2 heterocycles. The number of anilines is 1. The van der Waals surface area contributed by atoms with Crippen molar-refractivity contribution in [2.75, 3.05) is 38.9 Å². The number of sulfonamides is 1. The number of carbonyl (C=O) groups is 1. The van der Waals surface area contributed by atoms with Crippen molar-refractivity contribution >= 4 is 33.3 Å². The maximum absolute atomic E-state index is 13.0. The number of nitrogens with zero attached hydrogens (tertiary/aromatic N) is 2. The molecule has 0 amide bonds. The van der Waals surface area contributed by atoms with Gasteiger partial charge < -0.3 is 19.1 Å². The molecule has 4 rings (SSSR count). The highest BCUT2D eigenvalue weighted by atomic mass is 35.5. The van der Waals surface area contributed by atoms with Crippen LogP contribution in [0.15, 0.2) is 35.2 Å². The van der Waals surface area contributed by atoms with Gasteiger partial charge in [0.15, 0.2) is 11.5 Å². The van der Waals surface area contributed by atoms with E-state index in [1.807, 2.05) is 0 Å². The Labute approximate surface area is 186 Å². The first kappa shape index (κ1) is 21.7. The van der Waals surface area contributed by atoms with Gasteiger partial charge in [0.2, 0.25) is 16.8 Å². The summed E-state index contributed by atoms with van der Waals surface area (Å²) >= 11 is 6.20. The van der Waals surface area contributed by atoms with Crippen molar-refractivity contribution in [1.82, 2.24) is 4.31 Å². The van der Waals surface area contributed by atoms with Crippen molar-refractivity contribution in [2.45, 2.75) is 24.3 Å². The summed E-state index contributed by atoms with van der Waals surface area (Å²) in [6, 6.07) is 7.94. The van der Waals surface area contributed by atoms with E-state index >= 15 is 0 Å². The van der Waals surface area contributed by atoms with Crippen molar-refractivity contribution < 1.29 is 27.4 Å². The van der Waals surface area contributed by atoms with Gasteiger partial charge in [-0.05, 0) is 48.7 Å². The Bertz CT molecular complexity index is 1110. The lowest BCUT2D eigenvalue weighted by Gasteiger charge is -2.22. The Balaban J connectivity index is 1.61. The Hall–Kier alpha value is -2.49. The molecule has 2 aromatic rings. The topological polar surface area (TPSA) is 85.4 Å². The Morgan fingerprint density at radius 3 is 2.61 bits per heavy atom. The van der Waals surface area contributed by atoms with Gasteiger partial charge in [-0.25, -0.2) is 17.5 Å². The second-order valence-corrected chi connectivity index (χ2v) is 10.1. The predicted octanol–water partition coefficient (Wildman–Crippen LogP) is 3.28. The fourth-order valence-corrected chi connectivity index (χ4v) is 4.83. The summed E-state index contributed by atoms with van der Waals surface area (Å²) in [7, 11) is -0.795. The molecule has 0 unspecified atom stereocenters. The lowest BCUT2D eigenvalue weighted by Crippen LogP contribution is -2.24. The van der Waals surface area contributed by atoms with Gasteiger partial charge in [0, 0.05) is 27.2 Å². The normalized spacial score (nSPS) is 15.5. The monoisotopic (exact) mass is 466 g/mol. The summed E-state index contributed by atoms with van der Waals surface area (Å²) in [6.45, 7) is 1.65. The van der Waals surface area contributed by atoms with E-state index < -0.39 is 16.0 Å². The van der Waals surface area contributed by atoms with Gasteiger partial charge >= 0.3 is 5.97 Å². The van der Waals surface area contributed by atoms with Gasteiger partial charge in [-0.3, -0.25) is 0 Å². The molecule has 0 radical (unpaired) electrons. The Kier molecular flexibility index (Phi) is 6.00. The van der Waals surface area contributed by atoms with Crippen LogP contribution in [0.3, 0.4) is 0 Å². The summed E-state index contributed by atoms with van der Waals surface area (Å²) in [5.74, 6) is 0.358. The van der Waals surface area contributed by atoms with Crippen LogP contribution in [0.5, 0.6) is 11.5 Å². The first-order valence-corrected chi connectivity index (χ1v) is 11.7. The number of hydrogen-bond acceptors (Lipinski definition) is 7. The number of carbonyl (C=O) groups excluding carboxylic acids is 1. The van der Waals surface area contributed by atoms with E-state index in [0.29, 0.717) is 27.8 Å². The van der Waals surface area contributed by atoms with Crippen LogP contribution < -0.4 is 14.4 Å². The number of benzene rings is 2. The molecule has 0 saturated carbocycles. The number of hydrogen-bond donors (Lipinski definition) is 0. The van der Waals surface area contributed by atoms with Crippen LogP contribution in [0.25, 0.3) is 0 Å². The summed E-state index contributed by atoms with van der Waals surface area (Å²) in [5.41, 5.74) is 1.53. The molecule has 2 aliphatic rings. The van der Waals surface area contributed by atoms with Crippen LogP contribution in [-0.4, -0.2) is 52.7 Å². The minimum absolute atomic E-state index is 0.0403. The smallest absolute Gasteiger partial charge is 0.340 e. The fraction of sp³-hybridized carbons (Fsp3) is 0.381. The molecule has 0 aromatic heterocycles. The molecule has 1 saturated heterocycles. The number of halogens is 1. The zero-order valence-electron chi connectivity index (χ0n) is 17.3. The third-order valence-electron chi connectivity index (χ3n) is 5.27. The molecule has 1 fully saturated rings. The molecule has 0 atom stereocenters. The predicted molar refractivity (Wildman–Crippen MR) is 115 cm³/mol. The van der Waals surface area contributed by atoms with Crippen molar-refractivity contribution in [2.24, 2.45) is 0 Å². The van der Waals surface area contributed by atoms with Crippen molar-refractivity contribution in [1.29, 1.82) is 0 Å². The first-order valence-electron chi connectivity index (χ1n) is 9.84. The highest BCUT2D eigenvalue weighted by Gasteiger charge is 2.26. The number of rotatable bonds is 6. The minimum atomic E-state index is -3.69. The lowest BCUT2D eigenvalue weighted by molar-refractivity contribution is 0.0473. The van der Waals surface area contributed by atoms with E-state index in [2.05, 4.69) is 4.90 Å². The van der Waals surface area contributed by atoms with E-state index in [-0.39, 0.29) is 23.9 Å². The van der Waals surface area contributed by atoms with Crippen LogP contribution in [0, 0.1) is 0 Å². The second-order valence-electron chi connectivity index (χ2n) is 7.55. The molecule has 8 nitrogen and oxygen atoms in total. The number of ether oxygens (including phenoxy) is 3. The quantitative estimate of drug-likeness (QED) is 0.604. The van der Waals surface area contributed by atoms with E-state index in [1.165, 1.54) is 26.2 Å². The molecule has 0 bridgehead atoms. The van der Waals surface area contributed by atoms with Crippen molar-refractivity contribution in [3.05, 3.63) is 46.5 Å². The molecule has 2 aliphatic heterocycles. The third kappa shape index (κ3) is 4.30. The maximum atomic E-state index is 13.0. The van der Waals surface area contributed by atoms with Gasteiger partial charge in [0.25, 0.3) is 0 Å².